The van der Waals surface area contributed by atoms with Gasteiger partial charge in [-0.25, -0.2) is 0 Å². The SMILES string of the molecule is CCC(C)NC(=O)C(C)N(Cc1cccc(OC)c1)C(=O)Cc1cccc(C)c1. The second-order valence-electron chi connectivity index (χ2n) is 7.53. The van der Waals surface area contributed by atoms with E-state index in [4.69, 9.17) is 4.74 Å². The lowest BCUT2D eigenvalue weighted by Gasteiger charge is -2.30. The van der Waals surface area contributed by atoms with Crippen molar-refractivity contribution in [3.8, 4) is 5.75 Å². The summed E-state index contributed by atoms with van der Waals surface area (Å²) < 4.78 is 5.30. The van der Waals surface area contributed by atoms with Gasteiger partial charge in [-0.05, 0) is 50.5 Å². The van der Waals surface area contributed by atoms with Crippen molar-refractivity contribution < 1.29 is 14.3 Å². The largest absolute Gasteiger partial charge is 0.497 e. The summed E-state index contributed by atoms with van der Waals surface area (Å²) in [6, 6.07) is 15.0. The molecule has 2 aromatic carbocycles. The van der Waals surface area contributed by atoms with Crippen LogP contribution < -0.4 is 10.1 Å². The number of hydrogen-bond acceptors (Lipinski definition) is 3. The van der Waals surface area contributed by atoms with Gasteiger partial charge in [0.25, 0.3) is 0 Å². The van der Waals surface area contributed by atoms with Crippen molar-refractivity contribution in [2.75, 3.05) is 7.11 Å². The number of hydrogen-bond donors (Lipinski definition) is 1. The van der Waals surface area contributed by atoms with Gasteiger partial charge in [-0.2, -0.15) is 0 Å². The highest BCUT2D eigenvalue weighted by Crippen LogP contribution is 2.17. The molecule has 2 rings (SSSR count). The van der Waals surface area contributed by atoms with Gasteiger partial charge in [-0.15, -0.1) is 0 Å². The third-order valence-corrected chi connectivity index (χ3v) is 5.09. The normalized spacial score (nSPS) is 12.7. The molecule has 156 valence electrons. The average Bonchev–Trinajstić information content (AvgIpc) is 2.71. The van der Waals surface area contributed by atoms with Crippen molar-refractivity contribution in [1.29, 1.82) is 0 Å². The van der Waals surface area contributed by atoms with Crippen LogP contribution >= 0.6 is 0 Å². The average molecular weight is 397 g/mol. The number of ether oxygens (including phenoxy) is 1. The van der Waals surface area contributed by atoms with Gasteiger partial charge in [0.1, 0.15) is 11.8 Å². The van der Waals surface area contributed by atoms with E-state index in [-0.39, 0.29) is 24.3 Å². The number of carbonyl (C=O) groups is 2. The van der Waals surface area contributed by atoms with Gasteiger partial charge in [-0.1, -0.05) is 48.9 Å². The standard InChI is InChI=1S/C24H32N2O3/c1-6-18(3)25-24(28)19(4)26(16-21-11-8-12-22(14-21)29-5)23(27)15-20-10-7-9-17(2)13-20/h7-14,18-19H,6,15-16H2,1-5H3,(H,25,28). The van der Waals surface area contributed by atoms with E-state index < -0.39 is 6.04 Å². The van der Waals surface area contributed by atoms with E-state index in [9.17, 15) is 9.59 Å². The Kier molecular flexibility index (Phi) is 8.25. The van der Waals surface area contributed by atoms with E-state index in [1.807, 2.05) is 69.3 Å². The molecule has 5 heteroatoms. The van der Waals surface area contributed by atoms with Crippen LogP contribution in [0.1, 0.15) is 43.9 Å². The first-order valence-corrected chi connectivity index (χ1v) is 10.1. The molecule has 1 N–H and O–H groups in total. The Morgan fingerprint density at radius 3 is 2.41 bits per heavy atom. The zero-order valence-corrected chi connectivity index (χ0v) is 18.1. The maximum Gasteiger partial charge on any atom is 0.242 e. The molecule has 2 amide bonds. The van der Waals surface area contributed by atoms with Crippen molar-refractivity contribution in [1.82, 2.24) is 10.2 Å². The zero-order chi connectivity index (χ0) is 21.4. The molecule has 0 aliphatic heterocycles. The van der Waals surface area contributed by atoms with E-state index in [2.05, 4.69) is 5.32 Å². The Balaban J connectivity index is 2.25. The number of amides is 2. The molecule has 2 atom stereocenters. The minimum absolute atomic E-state index is 0.0653. The van der Waals surface area contributed by atoms with Gasteiger partial charge >= 0.3 is 0 Å². The fraction of sp³-hybridized carbons (Fsp3) is 0.417. The van der Waals surface area contributed by atoms with Crippen LogP contribution in [0, 0.1) is 6.92 Å². The summed E-state index contributed by atoms with van der Waals surface area (Å²) in [4.78, 5) is 27.6. The fourth-order valence-electron chi connectivity index (χ4n) is 3.11. The summed E-state index contributed by atoms with van der Waals surface area (Å²) in [6.07, 6.45) is 1.10. The second-order valence-corrected chi connectivity index (χ2v) is 7.53. The molecule has 2 aromatic rings. The van der Waals surface area contributed by atoms with Crippen LogP contribution in [-0.2, 0) is 22.6 Å². The van der Waals surface area contributed by atoms with Crippen LogP contribution in [0.15, 0.2) is 48.5 Å². The molecule has 0 spiro atoms. The smallest absolute Gasteiger partial charge is 0.242 e. The van der Waals surface area contributed by atoms with Gasteiger partial charge in [0, 0.05) is 12.6 Å². The molecule has 0 aliphatic carbocycles. The Hall–Kier alpha value is -2.82. The summed E-state index contributed by atoms with van der Waals surface area (Å²) in [5.41, 5.74) is 2.97. The number of methoxy groups -OCH3 is 1. The third kappa shape index (κ3) is 6.63. The van der Waals surface area contributed by atoms with Crippen molar-refractivity contribution in [3.63, 3.8) is 0 Å². The minimum atomic E-state index is -0.576. The molecule has 29 heavy (non-hydrogen) atoms. The van der Waals surface area contributed by atoms with Crippen molar-refractivity contribution in [2.24, 2.45) is 0 Å². The van der Waals surface area contributed by atoms with Crippen LogP contribution in [0.4, 0.5) is 0 Å². The highest BCUT2D eigenvalue weighted by molar-refractivity contribution is 5.88. The highest BCUT2D eigenvalue weighted by Gasteiger charge is 2.27. The Morgan fingerprint density at radius 1 is 1.07 bits per heavy atom. The molecule has 5 nitrogen and oxygen atoms in total. The number of aryl methyl sites for hydroxylation is 1. The molecule has 0 fully saturated rings. The first kappa shape index (κ1) is 22.5. The van der Waals surface area contributed by atoms with E-state index >= 15 is 0 Å². The molecule has 0 radical (unpaired) electrons. The maximum absolute atomic E-state index is 13.2. The summed E-state index contributed by atoms with van der Waals surface area (Å²) >= 11 is 0. The Morgan fingerprint density at radius 2 is 1.76 bits per heavy atom. The predicted octanol–water partition coefficient (Wildman–Crippen LogP) is 3.88. The van der Waals surface area contributed by atoms with E-state index in [1.54, 1.807) is 18.9 Å². The van der Waals surface area contributed by atoms with Gasteiger partial charge in [0.2, 0.25) is 11.8 Å². The predicted molar refractivity (Wildman–Crippen MR) is 116 cm³/mol. The molecule has 0 saturated carbocycles. The molecule has 0 aromatic heterocycles. The first-order valence-electron chi connectivity index (χ1n) is 10.1. The van der Waals surface area contributed by atoms with Crippen LogP contribution in [0.3, 0.4) is 0 Å². The highest BCUT2D eigenvalue weighted by atomic mass is 16.5. The van der Waals surface area contributed by atoms with Crippen LogP contribution in [0.25, 0.3) is 0 Å². The lowest BCUT2D eigenvalue weighted by atomic mass is 10.1. The van der Waals surface area contributed by atoms with E-state index in [0.717, 1.165) is 28.9 Å². The molecule has 0 aliphatic rings. The third-order valence-electron chi connectivity index (χ3n) is 5.09. The molecule has 0 bridgehead atoms. The van der Waals surface area contributed by atoms with Crippen LogP contribution in [-0.4, -0.2) is 35.9 Å². The number of nitrogens with zero attached hydrogens (tertiary/aromatic N) is 1. The second kappa shape index (κ2) is 10.6. The summed E-state index contributed by atoms with van der Waals surface area (Å²) in [5, 5.41) is 2.99. The lowest BCUT2D eigenvalue weighted by molar-refractivity contribution is -0.140. The molecular weight excluding hydrogens is 364 g/mol. The summed E-state index contributed by atoms with van der Waals surface area (Å²) in [6.45, 7) is 8.12. The van der Waals surface area contributed by atoms with Crippen molar-refractivity contribution >= 4 is 11.8 Å². The topological polar surface area (TPSA) is 58.6 Å². The maximum atomic E-state index is 13.2. The molecular formula is C24H32N2O3. The summed E-state index contributed by atoms with van der Waals surface area (Å²) in [7, 11) is 1.61. The van der Waals surface area contributed by atoms with Crippen molar-refractivity contribution in [3.05, 3.63) is 65.2 Å². The number of carbonyl (C=O) groups excluding carboxylic acids is 2. The summed E-state index contributed by atoms with van der Waals surface area (Å²) in [5.74, 6) is 0.510. The number of rotatable bonds is 9. The number of benzene rings is 2. The lowest BCUT2D eigenvalue weighted by Crippen LogP contribution is -2.49. The van der Waals surface area contributed by atoms with Crippen molar-refractivity contribution in [2.45, 2.75) is 59.2 Å². The Bertz CT molecular complexity index is 834. The zero-order valence-electron chi connectivity index (χ0n) is 18.1. The fourth-order valence-corrected chi connectivity index (χ4v) is 3.11. The van der Waals surface area contributed by atoms with Gasteiger partial charge < -0.3 is 15.0 Å². The number of nitrogens with one attached hydrogen (secondary N) is 1. The van der Waals surface area contributed by atoms with E-state index in [0.29, 0.717) is 6.54 Å². The van der Waals surface area contributed by atoms with Crippen LogP contribution in [0.2, 0.25) is 0 Å². The molecule has 0 saturated heterocycles. The van der Waals surface area contributed by atoms with E-state index in [1.165, 1.54) is 0 Å². The van der Waals surface area contributed by atoms with Crippen LogP contribution in [0.5, 0.6) is 5.75 Å². The van der Waals surface area contributed by atoms with Gasteiger partial charge in [0.15, 0.2) is 0 Å². The minimum Gasteiger partial charge on any atom is -0.497 e. The van der Waals surface area contributed by atoms with Gasteiger partial charge in [0.05, 0.1) is 13.5 Å². The van der Waals surface area contributed by atoms with Gasteiger partial charge in [-0.3, -0.25) is 9.59 Å². The molecule has 0 heterocycles. The Labute approximate surface area is 174 Å². The monoisotopic (exact) mass is 396 g/mol. The quantitative estimate of drug-likeness (QED) is 0.700. The first-order chi connectivity index (χ1) is 13.8. The molecule has 2 unspecified atom stereocenters.